The second-order valence-corrected chi connectivity index (χ2v) is 7.83. The van der Waals surface area contributed by atoms with Gasteiger partial charge in [0.25, 0.3) is 11.8 Å². The third kappa shape index (κ3) is 4.81. The van der Waals surface area contributed by atoms with Crippen LogP contribution in [0.5, 0.6) is 0 Å². The number of aliphatic hydroxyl groups is 1. The van der Waals surface area contributed by atoms with Crippen LogP contribution in [0.25, 0.3) is 0 Å². The smallest absolute Gasteiger partial charge is 0.253 e. The summed E-state index contributed by atoms with van der Waals surface area (Å²) in [4.78, 5) is 28.6. The van der Waals surface area contributed by atoms with Crippen molar-refractivity contribution in [3.63, 3.8) is 0 Å². The zero-order chi connectivity index (χ0) is 17.9. The first-order chi connectivity index (χ1) is 11.2. The summed E-state index contributed by atoms with van der Waals surface area (Å²) in [7, 11) is 1.79. The highest BCUT2D eigenvalue weighted by molar-refractivity contribution is 5.99. The number of nitrogens with zero attached hydrogens (tertiary/aromatic N) is 2. The maximum Gasteiger partial charge on any atom is 0.253 e. The van der Waals surface area contributed by atoms with E-state index in [9.17, 15) is 14.7 Å². The predicted octanol–water partition coefficient (Wildman–Crippen LogP) is 2.40. The van der Waals surface area contributed by atoms with Gasteiger partial charge in [0.2, 0.25) is 0 Å². The number of piperidine rings is 1. The summed E-state index contributed by atoms with van der Waals surface area (Å²) in [5, 5.41) is 9.56. The van der Waals surface area contributed by atoms with E-state index in [2.05, 4.69) is 20.8 Å². The average molecular weight is 332 g/mol. The monoisotopic (exact) mass is 332 g/mol. The van der Waals surface area contributed by atoms with Gasteiger partial charge in [-0.2, -0.15) is 0 Å². The minimum atomic E-state index is -0.312. The fourth-order valence-corrected chi connectivity index (χ4v) is 3.04. The van der Waals surface area contributed by atoms with E-state index in [0.29, 0.717) is 43.6 Å². The van der Waals surface area contributed by atoms with Gasteiger partial charge in [-0.3, -0.25) is 9.59 Å². The molecule has 1 aliphatic rings. The number of carbonyl (C=O) groups excluding carboxylic acids is 2. The van der Waals surface area contributed by atoms with Gasteiger partial charge in [0.15, 0.2) is 0 Å². The van der Waals surface area contributed by atoms with Crippen LogP contribution < -0.4 is 0 Å². The summed E-state index contributed by atoms with van der Waals surface area (Å²) >= 11 is 0. The molecule has 24 heavy (non-hydrogen) atoms. The van der Waals surface area contributed by atoms with E-state index >= 15 is 0 Å². The van der Waals surface area contributed by atoms with Crippen LogP contribution in [0, 0.1) is 5.41 Å². The summed E-state index contributed by atoms with van der Waals surface area (Å²) in [6, 6.07) is 6.92. The Hall–Kier alpha value is -1.88. The van der Waals surface area contributed by atoms with Crippen LogP contribution >= 0.6 is 0 Å². The van der Waals surface area contributed by atoms with E-state index in [-0.39, 0.29) is 23.3 Å². The minimum absolute atomic E-state index is 0.0203. The molecule has 0 radical (unpaired) electrons. The summed E-state index contributed by atoms with van der Waals surface area (Å²) in [6.45, 7) is 8.02. The minimum Gasteiger partial charge on any atom is -0.393 e. The van der Waals surface area contributed by atoms with Crippen molar-refractivity contribution in [3.8, 4) is 0 Å². The highest BCUT2D eigenvalue weighted by Crippen LogP contribution is 2.18. The van der Waals surface area contributed by atoms with Gasteiger partial charge in [-0.15, -0.1) is 0 Å². The molecule has 1 N–H and O–H groups in total. The molecular formula is C19H28N2O3. The molecule has 0 aromatic heterocycles. The molecule has 1 aromatic rings. The first-order valence-corrected chi connectivity index (χ1v) is 8.50. The lowest BCUT2D eigenvalue weighted by molar-refractivity contribution is 0.0546. The zero-order valence-electron chi connectivity index (χ0n) is 15.1. The number of hydrogen-bond donors (Lipinski definition) is 1. The van der Waals surface area contributed by atoms with Gasteiger partial charge < -0.3 is 14.9 Å². The molecule has 5 heteroatoms. The van der Waals surface area contributed by atoms with Gasteiger partial charge in [-0.25, -0.2) is 0 Å². The maximum atomic E-state index is 12.6. The molecule has 0 aliphatic carbocycles. The molecular weight excluding hydrogens is 304 g/mol. The lowest BCUT2D eigenvalue weighted by atomic mass is 9.96. The Morgan fingerprint density at radius 1 is 1.21 bits per heavy atom. The number of benzene rings is 1. The lowest BCUT2D eigenvalue weighted by Gasteiger charge is -2.30. The average Bonchev–Trinajstić information content (AvgIpc) is 2.52. The summed E-state index contributed by atoms with van der Waals surface area (Å²) in [5.41, 5.74) is 1.08. The standard InChI is InChI=1S/C19H28N2O3/c1-19(2,3)13-20(4)17(23)14-6-5-7-15(12-14)18(24)21-10-8-16(22)9-11-21/h5-7,12,16,22H,8-11,13H2,1-4H3. The van der Waals surface area contributed by atoms with Crippen molar-refractivity contribution in [1.29, 1.82) is 0 Å². The summed E-state index contributed by atoms with van der Waals surface area (Å²) < 4.78 is 0. The van der Waals surface area contributed by atoms with Crippen molar-refractivity contribution in [1.82, 2.24) is 9.80 Å². The Kier molecular flexibility index (Phi) is 5.65. The van der Waals surface area contributed by atoms with E-state index in [1.54, 1.807) is 41.1 Å². The first kappa shape index (κ1) is 18.5. The van der Waals surface area contributed by atoms with Crippen molar-refractivity contribution in [2.75, 3.05) is 26.7 Å². The number of likely N-dealkylation sites (tertiary alicyclic amines) is 1. The lowest BCUT2D eigenvalue weighted by Crippen LogP contribution is -2.40. The van der Waals surface area contributed by atoms with Gasteiger partial charge >= 0.3 is 0 Å². The third-order valence-electron chi connectivity index (χ3n) is 4.17. The topological polar surface area (TPSA) is 60.9 Å². The molecule has 132 valence electrons. The van der Waals surface area contributed by atoms with Crippen LogP contribution in [0.3, 0.4) is 0 Å². The van der Waals surface area contributed by atoms with Gasteiger partial charge in [-0.1, -0.05) is 26.8 Å². The SMILES string of the molecule is CN(CC(C)(C)C)C(=O)c1cccc(C(=O)N2CCC(O)CC2)c1. The first-order valence-electron chi connectivity index (χ1n) is 8.50. The largest absolute Gasteiger partial charge is 0.393 e. The molecule has 0 bridgehead atoms. The second-order valence-electron chi connectivity index (χ2n) is 7.83. The van der Waals surface area contributed by atoms with Crippen molar-refractivity contribution < 1.29 is 14.7 Å². The van der Waals surface area contributed by atoms with Gasteiger partial charge in [0.05, 0.1) is 6.10 Å². The molecule has 2 rings (SSSR count). The van der Waals surface area contributed by atoms with Crippen LogP contribution in [0.4, 0.5) is 0 Å². The molecule has 1 fully saturated rings. The van der Waals surface area contributed by atoms with Crippen LogP contribution in [-0.2, 0) is 0 Å². The van der Waals surface area contributed by atoms with Crippen LogP contribution in [0.2, 0.25) is 0 Å². The molecule has 1 heterocycles. The fraction of sp³-hybridized carbons (Fsp3) is 0.579. The molecule has 5 nitrogen and oxygen atoms in total. The molecule has 1 aromatic carbocycles. The van der Waals surface area contributed by atoms with Gasteiger partial charge in [0.1, 0.15) is 0 Å². The molecule has 1 aliphatic heterocycles. The second kappa shape index (κ2) is 7.34. The molecule has 0 atom stereocenters. The van der Waals surface area contributed by atoms with E-state index in [0.717, 1.165) is 0 Å². The van der Waals surface area contributed by atoms with Crippen molar-refractivity contribution in [3.05, 3.63) is 35.4 Å². The maximum absolute atomic E-state index is 12.6. The predicted molar refractivity (Wildman–Crippen MR) is 94.0 cm³/mol. The number of amides is 2. The number of carbonyl (C=O) groups is 2. The van der Waals surface area contributed by atoms with E-state index in [4.69, 9.17) is 0 Å². The third-order valence-corrected chi connectivity index (χ3v) is 4.17. The van der Waals surface area contributed by atoms with E-state index in [1.807, 2.05) is 0 Å². The molecule has 1 saturated heterocycles. The van der Waals surface area contributed by atoms with Gasteiger partial charge in [0, 0.05) is 37.8 Å². The Balaban J connectivity index is 2.10. The highest BCUT2D eigenvalue weighted by Gasteiger charge is 2.24. The Labute approximate surface area is 144 Å². The molecule has 0 unspecified atom stereocenters. The highest BCUT2D eigenvalue weighted by atomic mass is 16.3. The van der Waals surface area contributed by atoms with E-state index in [1.165, 1.54) is 0 Å². The number of rotatable bonds is 3. The molecule has 0 spiro atoms. The normalized spacial score (nSPS) is 16.1. The fourth-order valence-electron chi connectivity index (χ4n) is 3.04. The van der Waals surface area contributed by atoms with Crippen molar-refractivity contribution >= 4 is 11.8 Å². The van der Waals surface area contributed by atoms with Gasteiger partial charge in [-0.05, 0) is 36.5 Å². The molecule has 2 amide bonds. The van der Waals surface area contributed by atoms with E-state index < -0.39 is 0 Å². The summed E-state index contributed by atoms with van der Waals surface area (Å²) in [5.74, 6) is -0.149. The van der Waals surface area contributed by atoms with Crippen LogP contribution in [0.1, 0.15) is 54.3 Å². The zero-order valence-corrected chi connectivity index (χ0v) is 15.1. The Morgan fingerprint density at radius 2 is 1.79 bits per heavy atom. The number of hydrogen-bond acceptors (Lipinski definition) is 3. The van der Waals surface area contributed by atoms with Crippen LogP contribution in [-0.4, -0.2) is 59.5 Å². The van der Waals surface area contributed by atoms with Crippen molar-refractivity contribution in [2.24, 2.45) is 5.41 Å². The molecule has 0 saturated carbocycles. The Bertz CT molecular complexity index is 599. The van der Waals surface area contributed by atoms with Crippen molar-refractivity contribution in [2.45, 2.75) is 39.7 Å². The quantitative estimate of drug-likeness (QED) is 0.924. The number of aliphatic hydroxyl groups excluding tert-OH is 1. The summed E-state index contributed by atoms with van der Waals surface area (Å²) in [6.07, 6.45) is 0.908. The van der Waals surface area contributed by atoms with Crippen LogP contribution in [0.15, 0.2) is 24.3 Å². The Morgan fingerprint density at radius 3 is 2.38 bits per heavy atom.